The van der Waals surface area contributed by atoms with E-state index in [-0.39, 0.29) is 6.16 Å². The standard InChI is InChI=1S/C17H29O4P/c1-3-5-9-15-12-14(8-7-11-22(19,20)21)13-16(17(15)18)10-6-4-2/h12-13,18H,3-11H2,1-2H3,(H2,19,20,21). The Morgan fingerprint density at radius 1 is 0.909 bits per heavy atom. The maximum atomic E-state index is 10.9. The molecule has 0 aliphatic heterocycles. The van der Waals surface area contributed by atoms with Gasteiger partial charge in [0.15, 0.2) is 0 Å². The van der Waals surface area contributed by atoms with Crippen LogP contribution in [0.1, 0.15) is 62.6 Å². The van der Waals surface area contributed by atoms with E-state index in [0.29, 0.717) is 18.6 Å². The number of aromatic hydroxyl groups is 1. The first-order chi connectivity index (χ1) is 10.4. The molecule has 1 aromatic carbocycles. The van der Waals surface area contributed by atoms with E-state index in [1.54, 1.807) is 0 Å². The third-order valence-corrected chi connectivity index (χ3v) is 4.74. The molecule has 22 heavy (non-hydrogen) atoms. The zero-order valence-electron chi connectivity index (χ0n) is 13.7. The van der Waals surface area contributed by atoms with Gasteiger partial charge in [0, 0.05) is 0 Å². The van der Waals surface area contributed by atoms with Crippen molar-refractivity contribution in [2.75, 3.05) is 6.16 Å². The minimum atomic E-state index is -3.92. The van der Waals surface area contributed by atoms with E-state index < -0.39 is 7.60 Å². The van der Waals surface area contributed by atoms with Gasteiger partial charge in [-0.05, 0) is 55.2 Å². The van der Waals surface area contributed by atoms with Crippen LogP contribution in [0.2, 0.25) is 0 Å². The summed E-state index contributed by atoms with van der Waals surface area (Å²) < 4.78 is 10.9. The van der Waals surface area contributed by atoms with Crippen molar-refractivity contribution >= 4 is 7.60 Å². The molecule has 126 valence electrons. The third kappa shape index (κ3) is 6.95. The summed E-state index contributed by atoms with van der Waals surface area (Å²) in [4.78, 5) is 17.9. The summed E-state index contributed by atoms with van der Waals surface area (Å²) in [5, 5.41) is 10.4. The van der Waals surface area contributed by atoms with Gasteiger partial charge < -0.3 is 14.9 Å². The van der Waals surface area contributed by atoms with Crippen LogP contribution < -0.4 is 0 Å². The van der Waals surface area contributed by atoms with E-state index in [0.717, 1.165) is 55.2 Å². The maximum Gasteiger partial charge on any atom is 0.325 e. The average molecular weight is 328 g/mol. The molecule has 0 unspecified atom stereocenters. The highest BCUT2D eigenvalue weighted by Crippen LogP contribution is 2.35. The highest BCUT2D eigenvalue weighted by molar-refractivity contribution is 7.51. The molecule has 0 fully saturated rings. The molecular weight excluding hydrogens is 299 g/mol. The predicted octanol–water partition coefficient (Wildman–Crippen LogP) is 4.19. The van der Waals surface area contributed by atoms with Gasteiger partial charge in [-0.2, -0.15) is 0 Å². The summed E-state index contributed by atoms with van der Waals surface area (Å²) in [5.74, 6) is 0.417. The Kier molecular flexibility index (Phi) is 8.16. The van der Waals surface area contributed by atoms with E-state index in [4.69, 9.17) is 9.79 Å². The molecule has 0 aliphatic carbocycles. The molecule has 5 heteroatoms. The van der Waals surface area contributed by atoms with E-state index in [9.17, 15) is 9.67 Å². The van der Waals surface area contributed by atoms with Crippen LogP contribution in [0, 0.1) is 0 Å². The summed E-state index contributed by atoms with van der Waals surface area (Å²) >= 11 is 0. The molecule has 1 rings (SSSR count). The van der Waals surface area contributed by atoms with Gasteiger partial charge in [-0.1, -0.05) is 38.8 Å². The maximum absolute atomic E-state index is 10.9. The number of rotatable bonds is 10. The first-order valence-electron chi connectivity index (χ1n) is 8.25. The number of phenols is 1. The predicted molar refractivity (Wildman–Crippen MR) is 90.6 cm³/mol. The van der Waals surface area contributed by atoms with Gasteiger partial charge in [-0.3, -0.25) is 4.57 Å². The molecule has 0 radical (unpaired) electrons. The topological polar surface area (TPSA) is 77.8 Å². The minimum Gasteiger partial charge on any atom is -0.507 e. The summed E-state index contributed by atoms with van der Waals surface area (Å²) in [6.07, 6.45) is 6.96. The van der Waals surface area contributed by atoms with Crippen LogP contribution in [0.25, 0.3) is 0 Å². The Hall–Kier alpha value is -0.830. The van der Waals surface area contributed by atoms with Crippen LogP contribution in [0.5, 0.6) is 5.75 Å². The normalized spacial score (nSPS) is 11.8. The fraction of sp³-hybridized carbons (Fsp3) is 0.647. The van der Waals surface area contributed by atoms with Crippen LogP contribution in [-0.2, 0) is 23.8 Å². The number of phenolic OH excluding ortho intramolecular Hbond substituents is 1. The van der Waals surface area contributed by atoms with E-state index in [1.807, 2.05) is 12.1 Å². The zero-order valence-corrected chi connectivity index (χ0v) is 14.6. The number of aryl methyl sites for hydroxylation is 3. The number of hydrogen-bond acceptors (Lipinski definition) is 2. The molecule has 0 aromatic heterocycles. The fourth-order valence-corrected chi connectivity index (χ4v) is 3.15. The lowest BCUT2D eigenvalue weighted by molar-refractivity contribution is 0.371. The van der Waals surface area contributed by atoms with Gasteiger partial charge >= 0.3 is 7.60 Å². The van der Waals surface area contributed by atoms with Crippen LogP contribution in [0.4, 0.5) is 0 Å². The minimum absolute atomic E-state index is 0.0809. The summed E-state index contributed by atoms with van der Waals surface area (Å²) in [7, 11) is -3.92. The Bertz CT molecular complexity index is 478. The van der Waals surface area contributed by atoms with Crippen LogP contribution in [0.3, 0.4) is 0 Å². The van der Waals surface area contributed by atoms with E-state index in [1.165, 1.54) is 0 Å². The second-order valence-corrected chi connectivity index (χ2v) is 7.74. The van der Waals surface area contributed by atoms with Crippen molar-refractivity contribution in [3.63, 3.8) is 0 Å². The molecule has 4 nitrogen and oxygen atoms in total. The summed E-state index contributed by atoms with van der Waals surface area (Å²) in [6.45, 7) is 4.25. The van der Waals surface area contributed by atoms with Crippen LogP contribution in [0.15, 0.2) is 12.1 Å². The molecule has 3 N–H and O–H groups in total. The first-order valence-corrected chi connectivity index (χ1v) is 10.0. The molecule has 0 bridgehead atoms. The average Bonchev–Trinajstić information content (AvgIpc) is 2.44. The Morgan fingerprint density at radius 2 is 1.41 bits per heavy atom. The lowest BCUT2D eigenvalue weighted by atomic mass is 9.95. The molecule has 0 aliphatic rings. The lowest BCUT2D eigenvalue weighted by Crippen LogP contribution is -1.98. The van der Waals surface area contributed by atoms with Crippen molar-refractivity contribution in [2.45, 2.75) is 65.2 Å². The Morgan fingerprint density at radius 3 is 1.82 bits per heavy atom. The smallest absolute Gasteiger partial charge is 0.325 e. The van der Waals surface area contributed by atoms with Crippen LogP contribution in [-0.4, -0.2) is 21.1 Å². The first kappa shape index (κ1) is 19.2. The number of hydrogen-bond donors (Lipinski definition) is 3. The van der Waals surface area contributed by atoms with Crippen molar-refractivity contribution in [1.82, 2.24) is 0 Å². The van der Waals surface area contributed by atoms with Gasteiger partial charge in [0.2, 0.25) is 0 Å². The van der Waals surface area contributed by atoms with Crippen molar-refractivity contribution in [2.24, 2.45) is 0 Å². The van der Waals surface area contributed by atoms with Gasteiger partial charge in [-0.25, -0.2) is 0 Å². The van der Waals surface area contributed by atoms with Crippen molar-refractivity contribution in [3.8, 4) is 5.75 Å². The van der Waals surface area contributed by atoms with Crippen molar-refractivity contribution in [1.29, 1.82) is 0 Å². The zero-order chi connectivity index (χ0) is 16.6. The van der Waals surface area contributed by atoms with Crippen molar-refractivity contribution in [3.05, 3.63) is 28.8 Å². The molecule has 0 spiro atoms. The van der Waals surface area contributed by atoms with Crippen LogP contribution >= 0.6 is 7.60 Å². The molecule has 0 saturated carbocycles. The molecule has 0 atom stereocenters. The fourth-order valence-electron chi connectivity index (χ4n) is 2.58. The molecule has 0 heterocycles. The van der Waals surface area contributed by atoms with Gasteiger partial charge in [0.05, 0.1) is 6.16 Å². The highest BCUT2D eigenvalue weighted by Gasteiger charge is 2.14. The molecule has 1 aromatic rings. The SMILES string of the molecule is CCCCc1cc(CCCP(=O)(O)O)cc(CCCC)c1O. The quantitative estimate of drug-likeness (QED) is 0.563. The number of benzene rings is 1. The second kappa shape index (κ2) is 9.34. The third-order valence-electron chi connectivity index (χ3n) is 3.84. The Balaban J connectivity index is 2.87. The molecule has 0 amide bonds. The van der Waals surface area contributed by atoms with Crippen molar-refractivity contribution < 1.29 is 19.5 Å². The monoisotopic (exact) mass is 328 g/mol. The second-order valence-electron chi connectivity index (χ2n) is 5.96. The Labute approximate surface area is 133 Å². The van der Waals surface area contributed by atoms with Gasteiger partial charge in [0.1, 0.15) is 5.75 Å². The van der Waals surface area contributed by atoms with Gasteiger partial charge in [-0.15, -0.1) is 0 Å². The summed E-state index contributed by atoms with van der Waals surface area (Å²) in [6, 6.07) is 4.00. The molecular formula is C17H29O4P. The lowest BCUT2D eigenvalue weighted by Gasteiger charge is -2.13. The van der Waals surface area contributed by atoms with Gasteiger partial charge in [0.25, 0.3) is 0 Å². The summed E-state index contributed by atoms with van der Waals surface area (Å²) in [5.41, 5.74) is 3.02. The number of unbranched alkanes of at least 4 members (excludes halogenated alkanes) is 2. The highest BCUT2D eigenvalue weighted by atomic mass is 31.2. The molecule has 0 saturated heterocycles. The van der Waals surface area contributed by atoms with E-state index in [2.05, 4.69) is 13.8 Å². The van der Waals surface area contributed by atoms with E-state index >= 15 is 0 Å². The largest absolute Gasteiger partial charge is 0.507 e.